The minimum atomic E-state index is 0.561. The molecule has 1 aromatic rings. The third kappa shape index (κ3) is 1.79. The quantitative estimate of drug-likeness (QED) is 0.633. The van der Waals surface area contributed by atoms with Crippen LogP contribution in [0.25, 0.3) is 0 Å². The Kier molecular flexibility index (Phi) is 2.76. The molecule has 12 heavy (non-hydrogen) atoms. The zero-order valence-corrected chi connectivity index (χ0v) is 7.37. The van der Waals surface area contributed by atoms with Gasteiger partial charge < -0.3 is 9.42 Å². The van der Waals surface area contributed by atoms with E-state index < -0.39 is 0 Å². The number of rotatable bonds is 3. The molecule has 3 nitrogen and oxygen atoms in total. The average Bonchev–Trinajstić information content (AvgIpc) is 2.47. The summed E-state index contributed by atoms with van der Waals surface area (Å²) in [6, 6.07) is 1.88. The molecule has 0 N–H and O–H groups in total. The molecule has 0 unspecified atom stereocenters. The Hall–Kier alpha value is -1.43. The number of nitrogens with zero attached hydrogens (tertiary/aromatic N) is 2. The molecule has 0 aliphatic heterocycles. The molecule has 0 aromatic carbocycles. The summed E-state index contributed by atoms with van der Waals surface area (Å²) in [6.07, 6.45) is 5.20. The molecular weight excluding hydrogens is 152 g/mol. The second kappa shape index (κ2) is 3.82. The molecule has 1 aromatic heterocycles. The lowest BCUT2D eigenvalue weighted by Gasteiger charge is -2.14. The fraction of sp³-hybridized carbons (Fsp3) is 0.444. The van der Waals surface area contributed by atoms with E-state index in [1.807, 2.05) is 24.8 Å². The first-order valence-corrected chi connectivity index (χ1v) is 3.89. The van der Waals surface area contributed by atoms with Crippen LogP contribution in [0.5, 0.6) is 0 Å². The lowest BCUT2D eigenvalue weighted by atomic mass is 10.4. The second-order valence-electron chi connectivity index (χ2n) is 2.52. The molecule has 0 saturated heterocycles. The number of anilines is 1. The van der Waals surface area contributed by atoms with Gasteiger partial charge in [0.25, 0.3) is 0 Å². The molecule has 0 spiro atoms. The van der Waals surface area contributed by atoms with Gasteiger partial charge in [-0.05, 0) is 13.8 Å². The van der Waals surface area contributed by atoms with Crippen molar-refractivity contribution in [2.24, 2.45) is 0 Å². The Morgan fingerprint density at radius 1 is 1.75 bits per heavy atom. The Balaban J connectivity index is 2.74. The van der Waals surface area contributed by atoms with Crippen LogP contribution in [0.2, 0.25) is 0 Å². The van der Waals surface area contributed by atoms with Crippen molar-refractivity contribution in [2.75, 3.05) is 18.0 Å². The Bertz CT molecular complexity index is 285. The summed E-state index contributed by atoms with van der Waals surface area (Å²) >= 11 is 0. The van der Waals surface area contributed by atoms with Crippen LogP contribution in [0, 0.1) is 19.3 Å². The fourth-order valence-electron chi connectivity index (χ4n) is 0.955. The molecule has 1 rings (SSSR count). The van der Waals surface area contributed by atoms with Crippen LogP contribution in [0.3, 0.4) is 0 Å². The highest BCUT2D eigenvalue weighted by Gasteiger charge is 2.07. The molecule has 0 aliphatic rings. The van der Waals surface area contributed by atoms with E-state index in [2.05, 4.69) is 11.1 Å². The van der Waals surface area contributed by atoms with Gasteiger partial charge in [-0.2, -0.15) is 0 Å². The van der Waals surface area contributed by atoms with Crippen molar-refractivity contribution in [2.45, 2.75) is 13.8 Å². The van der Waals surface area contributed by atoms with Crippen molar-refractivity contribution in [3.05, 3.63) is 11.8 Å². The molecule has 3 heteroatoms. The van der Waals surface area contributed by atoms with Crippen LogP contribution < -0.4 is 4.90 Å². The van der Waals surface area contributed by atoms with Crippen molar-refractivity contribution in [1.82, 2.24) is 5.16 Å². The normalized spacial score (nSPS) is 9.42. The number of aryl methyl sites for hydroxylation is 1. The van der Waals surface area contributed by atoms with Crippen LogP contribution >= 0.6 is 0 Å². The predicted molar refractivity (Wildman–Crippen MR) is 48.0 cm³/mol. The molecule has 0 aliphatic carbocycles. The van der Waals surface area contributed by atoms with Gasteiger partial charge in [0.05, 0.1) is 12.2 Å². The highest BCUT2D eigenvalue weighted by atomic mass is 16.5. The average molecular weight is 164 g/mol. The van der Waals surface area contributed by atoms with Gasteiger partial charge in [0.2, 0.25) is 5.88 Å². The number of hydrogen-bond donors (Lipinski definition) is 0. The van der Waals surface area contributed by atoms with Crippen molar-refractivity contribution < 1.29 is 4.52 Å². The smallest absolute Gasteiger partial charge is 0.228 e. The highest BCUT2D eigenvalue weighted by Crippen LogP contribution is 2.13. The van der Waals surface area contributed by atoms with Crippen molar-refractivity contribution in [3.8, 4) is 12.3 Å². The van der Waals surface area contributed by atoms with Gasteiger partial charge in [0.15, 0.2) is 0 Å². The number of terminal acetylenes is 1. The third-order valence-corrected chi connectivity index (χ3v) is 1.59. The summed E-state index contributed by atoms with van der Waals surface area (Å²) in [5.74, 6) is 3.31. The molecule has 0 fully saturated rings. The molecule has 0 saturated carbocycles. The molecule has 0 amide bonds. The van der Waals surface area contributed by atoms with Crippen molar-refractivity contribution >= 4 is 5.88 Å². The minimum Gasteiger partial charge on any atom is -0.338 e. The van der Waals surface area contributed by atoms with Gasteiger partial charge in [-0.1, -0.05) is 11.1 Å². The van der Waals surface area contributed by atoms with Gasteiger partial charge in [-0.3, -0.25) is 0 Å². The first kappa shape index (κ1) is 8.66. The monoisotopic (exact) mass is 164 g/mol. The van der Waals surface area contributed by atoms with Gasteiger partial charge in [-0.15, -0.1) is 6.42 Å². The van der Waals surface area contributed by atoms with Gasteiger partial charge >= 0.3 is 0 Å². The lowest BCUT2D eigenvalue weighted by molar-refractivity contribution is 0.414. The van der Waals surface area contributed by atoms with E-state index in [0.29, 0.717) is 6.54 Å². The number of hydrogen-bond acceptors (Lipinski definition) is 3. The van der Waals surface area contributed by atoms with Gasteiger partial charge in [0.1, 0.15) is 0 Å². The lowest BCUT2D eigenvalue weighted by Crippen LogP contribution is -2.22. The van der Waals surface area contributed by atoms with E-state index in [4.69, 9.17) is 10.9 Å². The zero-order valence-electron chi connectivity index (χ0n) is 7.37. The largest absolute Gasteiger partial charge is 0.338 e. The van der Waals surface area contributed by atoms with Crippen LogP contribution in [0.15, 0.2) is 10.6 Å². The molecular formula is C9H12N2O. The summed E-state index contributed by atoms with van der Waals surface area (Å²) in [4.78, 5) is 1.94. The van der Waals surface area contributed by atoms with Crippen molar-refractivity contribution in [1.29, 1.82) is 0 Å². The Labute approximate surface area is 72.3 Å². The maximum atomic E-state index is 5.20. The molecule has 0 atom stereocenters. The van der Waals surface area contributed by atoms with Crippen LogP contribution in [-0.4, -0.2) is 18.2 Å². The second-order valence-corrected chi connectivity index (χ2v) is 2.52. The van der Waals surface area contributed by atoms with E-state index in [9.17, 15) is 0 Å². The first-order chi connectivity index (χ1) is 5.77. The van der Waals surface area contributed by atoms with E-state index in [1.165, 1.54) is 0 Å². The SMILES string of the molecule is C#CCN(CC)c1cc(C)no1. The van der Waals surface area contributed by atoms with Crippen LogP contribution in [-0.2, 0) is 0 Å². The predicted octanol–water partition coefficient (Wildman–Crippen LogP) is 1.44. The summed E-state index contributed by atoms with van der Waals surface area (Å²) in [6.45, 7) is 5.30. The molecule has 0 bridgehead atoms. The Morgan fingerprint density at radius 3 is 2.92 bits per heavy atom. The summed E-state index contributed by atoms with van der Waals surface area (Å²) in [5, 5.41) is 3.78. The first-order valence-electron chi connectivity index (χ1n) is 3.89. The molecule has 64 valence electrons. The van der Waals surface area contributed by atoms with E-state index in [0.717, 1.165) is 18.1 Å². The maximum absolute atomic E-state index is 5.20. The van der Waals surface area contributed by atoms with Crippen LogP contribution in [0.4, 0.5) is 5.88 Å². The number of aromatic nitrogens is 1. The molecule has 1 heterocycles. The maximum Gasteiger partial charge on any atom is 0.228 e. The Morgan fingerprint density at radius 2 is 2.50 bits per heavy atom. The van der Waals surface area contributed by atoms with E-state index >= 15 is 0 Å². The van der Waals surface area contributed by atoms with Crippen molar-refractivity contribution in [3.63, 3.8) is 0 Å². The van der Waals surface area contributed by atoms with E-state index in [1.54, 1.807) is 0 Å². The topological polar surface area (TPSA) is 29.3 Å². The van der Waals surface area contributed by atoms with E-state index in [-0.39, 0.29) is 0 Å². The van der Waals surface area contributed by atoms with Crippen LogP contribution in [0.1, 0.15) is 12.6 Å². The summed E-state index contributed by atoms with van der Waals surface area (Å²) < 4.78 is 5.05. The molecule has 0 radical (unpaired) electrons. The summed E-state index contributed by atoms with van der Waals surface area (Å²) in [5.41, 5.74) is 0.875. The minimum absolute atomic E-state index is 0.561. The van der Waals surface area contributed by atoms with Gasteiger partial charge in [0, 0.05) is 12.6 Å². The zero-order chi connectivity index (χ0) is 8.97. The summed E-state index contributed by atoms with van der Waals surface area (Å²) in [7, 11) is 0. The highest BCUT2D eigenvalue weighted by molar-refractivity contribution is 5.36. The van der Waals surface area contributed by atoms with Gasteiger partial charge in [-0.25, -0.2) is 0 Å². The fourth-order valence-corrected chi connectivity index (χ4v) is 0.955. The standard InChI is InChI=1S/C9H12N2O/c1-4-6-11(5-2)9-7-8(3)10-12-9/h1,7H,5-6H2,2-3H3. The third-order valence-electron chi connectivity index (χ3n) is 1.59.